The van der Waals surface area contributed by atoms with Crippen molar-refractivity contribution in [3.05, 3.63) is 60.2 Å². The molecule has 1 heterocycles. The first-order chi connectivity index (χ1) is 12.2. The van der Waals surface area contributed by atoms with Gasteiger partial charge in [-0.25, -0.2) is 10.9 Å². The number of rotatable bonds is 6. The maximum absolute atomic E-state index is 12.4. The highest BCUT2D eigenvalue weighted by Gasteiger charge is 2.29. The lowest BCUT2D eigenvalue weighted by atomic mass is 10.1. The largest absolute Gasteiger partial charge is 0.494 e. The maximum Gasteiger partial charge on any atom is 0.241 e. The number of para-hydroxylation sites is 1. The van der Waals surface area contributed by atoms with Crippen molar-refractivity contribution in [3.63, 3.8) is 0 Å². The van der Waals surface area contributed by atoms with Gasteiger partial charge in [0.1, 0.15) is 11.8 Å². The molecule has 0 spiro atoms. The summed E-state index contributed by atoms with van der Waals surface area (Å²) in [6.07, 6.45) is 0.305. The van der Waals surface area contributed by atoms with Crippen LogP contribution < -0.4 is 25.8 Å². The molecule has 0 aliphatic carbocycles. The van der Waals surface area contributed by atoms with Crippen LogP contribution in [0.3, 0.4) is 0 Å². The third-order valence-corrected chi connectivity index (χ3v) is 4.21. The molecule has 1 fully saturated rings. The average Bonchev–Trinajstić information content (AvgIpc) is 2.65. The van der Waals surface area contributed by atoms with Gasteiger partial charge in [-0.05, 0) is 43.2 Å². The maximum atomic E-state index is 12.4. The number of ether oxygens (including phenoxy) is 1. The Morgan fingerprint density at radius 2 is 1.76 bits per heavy atom. The summed E-state index contributed by atoms with van der Waals surface area (Å²) < 4.78 is 5.44. The van der Waals surface area contributed by atoms with Gasteiger partial charge >= 0.3 is 0 Å². The summed E-state index contributed by atoms with van der Waals surface area (Å²) in [7, 11) is 1.93. The van der Waals surface area contributed by atoms with Crippen LogP contribution in [0.4, 0.5) is 5.69 Å². The zero-order chi connectivity index (χ0) is 17.6. The van der Waals surface area contributed by atoms with Crippen molar-refractivity contribution in [2.45, 2.75) is 25.7 Å². The van der Waals surface area contributed by atoms with Crippen molar-refractivity contribution in [2.75, 3.05) is 18.6 Å². The third-order valence-electron chi connectivity index (χ3n) is 4.21. The molecule has 0 saturated carbocycles. The van der Waals surface area contributed by atoms with Gasteiger partial charge in [0.2, 0.25) is 5.91 Å². The first-order valence-electron chi connectivity index (χ1n) is 8.48. The van der Waals surface area contributed by atoms with E-state index in [-0.39, 0.29) is 18.2 Å². The van der Waals surface area contributed by atoms with Gasteiger partial charge in [0.25, 0.3) is 0 Å². The molecule has 3 N–H and O–H groups in total. The fraction of sp³-hybridized carbons (Fsp3) is 0.316. The zero-order valence-corrected chi connectivity index (χ0v) is 14.5. The standard InChI is InChI=1S/C19H24N4O2/c1-3-25-16-11-9-14(10-12-16)13-17-18(24)20-19(22-21-17)23(2)15-7-5-4-6-8-15/h4-12,17,19,21-22H,3,13H2,1-2H3,(H,20,24). The molecular formula is C19H24N4O2. The minimum atomic E-state index is -0.321. The Morgan fingerprint density at radius 1 is 1.04 bits per heavy atom. The first-order valence-corrected chi connectivity index (χ1v) is 8.48. The summed E-state index contributed by atoms with van der Waals surface area (Å²) in [5.41, 5.74) is 8.39. The molecule has 2 aromatic carbocycles. The second-order valence-corrected chi connectivity index (χ2v) is 5.98. The van der Waals surface area contributed by atoms with Gasteiger partial charge < -0.3 is 15.0 Å². The lowest BCUT2D eigenvalue weighted by Crippen LogP contribution is -2.70. The summed E-state index contributed by atoms with van der Waals surface area (Å²) in [5, 5.41) is 3.01. The van der Waals surface area contributed by atoms with Crippen LogP contribution in [-0.4, -0.2) is 31.9 Å². The lowest BCUT2D eigenvalue weighted by Gasteiger charge is -2.37. The Balaban J connectivity index is 1.57. The SMILES string of the molecule is CCOc1ccc(CC2NNC(N(C)c3ccccc3)NC2=O)cc1. The van der Waals surface area contributed by atoms with Crippen molar-refractivity contribution < 1.29 is 9.53 Å². The number of carbonyl (C=O) groups excluding carboxylic acids is 1. The van der Waals surface area contributed by atoms with Gasteiger partial charge in [-0.1, -0.05) is 30.3 Å². The molecular weight excluding hydrogens is 316 g/mol. The molecule has 2 atom stereocenters. The number of carbonyl (C=O) groups is 1. The molecule has 132 valence electrons. The molecule has 0 aromatic heterocycles. The Morgan fingerprint density at radius 3 is 2.40 bits per heavy atom. The summed E-state index contributed by atoms with van der Waals surface area (Å²) in [4.78, 5) is 14.4. The van der Waals surface area contributed by atoms with Gasteiger partial charge in [-0.15, -0.1) is 0 Å². The molecule has 1 saturated heterocycles. The summed E-state index contributed by atoms with van der Waals surface area (Å²) in [6, 6.07) is 17.4. The van der Waals surface area contributed by atoms with Crippen molar-refractivity contribution >= 4 is 11.6 Å². The van der Waals surface area contributed by atoms with Gasteiger partial charge in [0, 0.05) is 12.7 Å². The Kier molecular flexibility index (Phi) is 5.53. The Hall–Kier alpha value is -2.57. The predicted octanol–water partition coefficient (Wildman–Crippen LogP) is 1.64. The van der Waals surface area contributed by atoms with Gasteiger partial charge in [-0.3, -0.25) is 4.79 Å². The number of anilines is 1. The van der Waals surface area contributed by atoms with E-state index in [1.54, 1.807) is 0 Å². The molecule has 1 aliphatic rings. The van der Waals surface area contributed by atoms with Crippen LogP contribution in [0.15, 0.2) is 54.6 Å². The Bertz CT molecular complexity index is 690. The number of amides is 1. The van der Waals surface area contributed by atoms with Crippen LogP contribution in [0.5, 0.6) is 5.75 Å². The van der Waals surface area contributed by atoms with E-state index in [2.05, 4.69) is 16.2 Å². The monoisotopic (exact) mass is 340 g/mol. The molecule has 0 bridgehead atoms. The van der Waals surface area contributed by atoms with E-state index in [1.807, 2.05) is 73.5 Å². The number of benzene rings is 2. The molecule has 3 rings (SSSR count). The van der Waals surface area contributed by atoms with Crippen molar-refractivity contribution in [3.8, 4) is 5.75 Å². The first kappa shape index (κ1) is 17.3. The zero-order valence-electron chi connectivity index (χ0n) is 14.5. The molecule has 0 radical (unpaired) electrons. The molecule has 1 aliphatic heterocycles. The highest BCUT2D eigenvalue weighted by Crippen LogP contribution is 2.15. The van der Waals surface area contributed by atoms with Gasteiger partial charge in [0.15, 0.2) is 6.29 Å². The minimum absolute atomic E-state index is 0.0274. The minimum Gasteiger partial charge on any atom is -0.494 e. The van der Waals surface area contributed by atoms with Crippen molar-refractivity contribution in [1.29, 1.82) is 0 Å². The highest BCUT2D eigenvalue weighted by molar-refractivity contribution is 5.83. The van der Waals surface area contributed by atoms with Gasteiger partial charge in [-0.2, -0.15) is 0 Å². The summed E-state index contributed by atoms with van der Waals surface area (Å²) >= 11 is 0. The van der Waals surface area contributed by atoms with Crippen LogP contribution in [0.2, 0.25) is 0 Å². The molecule has 2 unspecified atom stereocenters. The smallest absolute Gasteiger partial charge is 0.241 e. The topological polar surface area (TPSA) is 65.6 Å². The van der Waals surface area contributed by atoms with Crippen molar-refractivity contribution in [1.82, 2.24) is 16.2 Å². The van der Waals surface area contributed by atoms with Gasteiger partial charge in [0.05, 0.1) is 6.61 Å². The number of hydrogen-bond acceptors (Lipinski definition) is 5. The molecule has 25 heavy (non-hydrogen) atoms. The fourth-order valence-electron chi connectivity index (χ4n) is 2.79. The Labute approximate surface area is 148 Å². The molecule has 6 heteroatoms. The van der Waals surface area contributed by atoms with E-state index in [1.165, 1.54) is 0 Å². The second-order valence-electron chi connectivity index (χ2n) is 5.98. The van der Waals surface area contributed by atoms with E-state index in [9.17, 15) is 4.79 Å². The van der Waals surface area contributed by atoms with Crippen LogP contribution in [0.25, 0.3) is 0 Å². The number of nitrogens with zero attached hydrogens (tertiary/aromatic N) is 1. The van der Waals surface area contributed by atoms with E-state index in [0.717, 1.165) is 17.0 Å². The highest BCUT2D eigenvalue weighted by atomic mass is 16.5. The number of hydrazine groups is 1. The van der Waals surface area contributed by atoms with E-state index in [0.29, 0.717) is 13.0 Å². The lowest BCUT2D eigenvalue weighted by molar-refractivity contribution is -0.126. The van der Waals surface area contributed by atoms with E-state index >= 15 is 0 Å². The summed E-state index contributed by atoms with van der Waals surface area (Å²) in [5.74, 6) is 0.815. The quantitative estimate of drug-likeness (QED) is 0.746. The normalized spacial score (nSPS) is 20.0. The van der Waals surface area contributed by atoms with Crippen LogP contribution in [-0.2, 0) is 11.2 Å². The van der Waals surface area contributed by atoms with Crippen molar-refractivity contribution in [2.24, 2.45) is 0 Å². The summed E-state index contributed by atoms with van der Waals surface area (Å²) in [6.45, 7) is 2.60. The predicted molar refractivity (Wildman–Crippen MR) is 98.2 cm³/mol. The second kappa shape index (κ2) is 8.00. The number of nitrogens with one attached hydrogen (secondary N) is 3. The molecule has 1 amide bonds. The van der Waals surface area contributed by atoms with E-state index < -0.39 is 0 Å². The fourth-order valence-corrected chi connectivity index (χ4v) is 2.79. The molecule has 2 aromatic rings. The van der Waals surface area contributed by atoms with Crippen LogP contribution in [0, 0.1) is 0 Å². The average molecular weight is 340 g/mol. The van der Waals surface area contributed by atoms with E-state index in [4.69, 9.17) is 4.74 Å². The third kappa shape index (κ3) is 4.29. The van der Waals surface area contributed by atoms with Crippen LogP contribution >= 0.6 is 0 Å². The molecule has 6 nitrogen and oxygen atoms in total. The number of hydrogen-bond donors (Lipinski definition) is 3. The van der Waals surface area contributed by atoms with Crippen LogP contribution in [0.1, 0.15) is 12.5 Å².